The van der Waals surface area contributed by atoms with Gasteiger partial charge in [-0.1, -0.05) is 42.5 Å². The van der Waals surface area contributed by atoms with Gasteiger partial charge in [0, 0.05) is 21.7 Å². The van der Waals surface area contributed by atoms with Gasteiger partial charge in [-0.05, 0) is 29.0 Å². The Morgan fingerprint density at radius 1 is 0.864 bits per heavy atom. The van der Waals surface area contributed by atoms with Gasteiger partial charge in [0.15, 0.2) is 0 Å². The van der Waals surface area contributed by atoms with Crippen LogP contribution in [0, 0.1) is 0 Å². The molecule has 2 aromatic carbocycles. The first-order valence-corrected chi connectivity index (χ1v) is 8.18. The molecule has 5 rings (SSSR count). The minimum absolute atomic E-state index is 1.04. The summed E-state index contributed by atoms with van der Waals surface area (Å²) in [6.45, 7) is 0. The number of pyridine rings is 1. The maximum atomic E-state index is 4.84. The highest BCUT2D eigenvalue weighted by molar-refractivity contribution is 7.08. The Balaban J connectivity index is 2.09. The van der Waals surface area contributed by atoms with E-state index < -0.39 is 0 Å². The zero-order chi connectivity index (χ0) is 14.5. The van der Waals surface area contributed by atoms with Gasteiger partial charge in [-0.2, -0.15) is 16.4 Å². The quantitative estimate of drug-likeness (QED) is 0.407. The van der Waals surface area contributed by atoms with Crippen molar-refractivity contribution in [3.05, 3.63) is 71.4 Å². The molecule has 0 saturated heterocycles. The molecule has 0 saturated carbocycles. The molecule has 3 aromatic heterocycles. The van der Waals surface area contributed by atoms with Crippen molar-refractivity contribution in [2.24, 2.45) is 0 Å². The van der Waals surface area contributed by atoms with Crippen molar-refractivity contribution in [2.75, 3.05) is 0 Å². The summed E-state index contributed by atoms with van der Waals surface area (Å²) in [5.41, 5.74) is 4.59. The summed E-state index contributed by atoms with van der Waals surface area (Å²) in [5.74, 6) is 0. The van der Waals surface area contributed by atoms with E-state index in [0.29, 0.717) is 0 Å². The van der Waals surface area contributed by atoms with E-state index in [0.717, 1.165) is 11.2 Å². The number of fused-ring (bicyclic) bond motifs is 5. The van der Waals surface area contributed by atoms with Crippen molar-refractivity contribution < 1.29 is 0 Å². The Hall–Kier alpha value is -2.65. The summed E-state index contributed by atoms with van der Waals surface area (Å²) in [7, 11) is 0. The number of thiophene rings is 1. The molecular weight excluding hydrogens is 288 g/mol. The maximum absolute atomic E-state index is 4.84. The molecule has 0 aliphatic heterocycles. The lowest BCUT2D eigenvalue weighted by Crippen LogP contribution is -1.94. The van der Waals surface area contributed by atoms with E-state index in [1.165, 1.54) is 27.2 Å². The van der Waals surface area contributed by atoms with Crippen LogP contribution in [0.1, 0.15) is 0 Å². The van der Waals surface area contributed by atoms with Crippen molar-refractivity contribution in [3.8, 4) is 11.3 Å². The van der Waals surface area contributed by atoms with Gasteiger partial charge in [0.05, 0.1) is 16.7 Å². The summed E-state index contributed by atoms with van der Waals surface area (Å²) >= 11 is 1.71. The van der Waals surface area contributed by atoms with Crippen LogP contribution in [0.3, 0.4) is 0 Å². The molecule has 3 heteroatoms. The summed E-state index contributed by atoms with van der Waals surface area (Å²) in [5, 5.41) is 12.8. The van der Waals surface area contributed by atoms with Gasteiger partial charge in [-0.3, -0.25) is 0 Å². The summed E-state index contributed by atoms with van der Waals surface area (Å²) in [4.78, 5) is 0. The molecule has 0 bridgehead atoms. The van der Waals surface area contributed by atoms with Gasteiger partial charge in [-0.25, -0.2) is 4.52 Å². The molecule has 0 N–H and O–H groups in total. The molecule has 5 aromatic rings. The van der Waals surface area contributed by atoms with E-state index in [2.05, 4.69) is 69.9 Å². The fourth-order valence-electron chi connectivity index (χ4n) is 3.13. The molecule has 0 aliphatic carbocycles. The second kappa shape index (κ2) is 4.42. The van der Waals surface area contributed by atoms with E-state index in [9.17, 15) is 0 Å². The number of aromatic nitrogens is 2. The molecule has 0 amide bonds. The van der Waals surface area contributed by atoms with Crippen molar-refractivity contribution in [3.63, 3.8) is 0 Å². The maximum Gasteiger partial charge on any atom is 0.0934 e. The van der Waals surface area contributed by atoms with Crippen molar-refractivity contribution in [1.29, 1.82) is 0 Å². The minimum Gasteiger partial charge on any atom is -0.231 e. The SMILES string of the molecule is c1ccc2c(c1)cc(-c1ccsc1)n1nc3ccccc3c21. The highest BCUT2D eigenvalue weighted by Crippen LogP contribution is 2.33. The highest BCUT2D eigenvalue weighted by Gasteiger charge is 2.13. The Morgan fingerprint density at radius 3 is 2.55 bits per heavy atom. The van der Waals surface area contributed by atoms with Gasteiger partial charge in [0.25, 0.3) is 0 Å². The largest absolute Gasteiger partial charge is 0.231 e. The van der Waals surface area contributed by atoms with E-state index in [1.807, 2.05) is 6.07 Å². The number of rotatable bonds is 1. The molecule has 3 heterocycles. The van der Waals surface area contributed by atoms with Crippen LogP contribution in [0.5, 0.6) is 0 Å². The minimum atomic E-state index is 1.04. The first-order chi connectivity index (χ1) is 10.9. The van der Waals surface area contributed by atoms with Crippen LogP contribution < -0.4 is 0 Å². The molecule has 2 nitrogen and oxygen atoms in total. The lowest BCUT2D eigenvalue weighted by molar-refractivity contribution is 0.997. The molecular formula is C19H12N2S. The van der Waals surface area contributed by atoms with Gasteiger partial charge in [0.2, 0.25) is 0 Å². The molecule has 0 spiro atoms. The Labute approximate surface area is 131 Å². The molecule has 22 heavy (non-hydrogen) atoms. The number of hydrogen-bond donors (Lipinski definition) is 0. The monoisotopic (exact) mass is 300 g/mol. The van der Waals surface area contributed by atoms with Crippen LogP contribution in [0.25, 0.3) is 38.4 Å². The van der Waals surface area contributed by atoms with Crippen molar-refractivity contribution >= 4 is 38.5 Å². The smallest absolute Gasteiger partial charge is 0.0934 e. The van der Waals surface area contributed by atoms with Gasteiger partial charge < -0.3 is 0 Å². The zero-order valence-corrected chi connectivity index (χ0v) is 12.5. The Kier molecular flexibility index (Phi) is 2.40. The Bertz CT molecular complexity index is 1120. The summed E-state index contributed by atoms with van der Waals surface area (Å²) in [6, 6.07) is 21.3. The highest BCUT2D eigenvalue weighted by atomic mass is 32.1. The summed E-state index contributed by atoms with van der Waals surface area (Å²) < 4.78 is 2.09. The Morgan fingerprint density at radius 2 is 1.68 bits per heavy atom. The molecule has 0 atom stereocenters. The fourth-order valence-corrected chi connectivity index (χ4v) is 3.78. The van der Waals surface area contributed by atoms with Gasteiger partial charge >= 0.3 is 0 Å². The second-order valence-corrected chi connectivity index (χ2v) is 6.19. The van der Waals surface area contributed by atoms with Crippen LogP contribution in [0.4, 0.5) is 0 Å². The number of benzene rings is 2. The molecule has 104 valence electrons. The van der Waals surface area contributed by atoms with Crippen LogP contribution in [-0.4, -0.2) is 9.61 Å². The average Bonchev–Trinajstić information content (AvgIpc) is 3.22. The van der Waals surface area contributed by atoms with Crippen LogP contribution >= 0.6 is 11.3 Å². The molecule has 0 unspecified atom stereocenters. The van der Waals surface area contributed by atoms with E-state index >= 15 is 0 Å². The van der Waals surface area contributed by atoms with E-state index in [1.54, 1.807) is 11.3 Å². The lowest BCUT2D eigenvalue weighted by atomic mass is 10.1. The predicted octanol–water partition coefficient (Wildman–Crippen LogP) is 5.37. The normalized spacial score (nSPS) is 11.6. The molecule has 0 radical (unpaired) electrons. The van der Waals surface area contributed by atoms with Crippen LogP contribution in [0.2, 0.25) is 0 Å². The fraction of sp³-hybridized carbons (Fsp3) is 0. The average molecular weight is 300 g/mol. The zero-order valence-electron chi connectivity index (χ0n) is 11.7. The summed E-state index contributed by atoms with van der Waals surface area (Å²) in [6.07, 6.45) is 0. The third-order valence-electron chi connectivity index (χ3n) is 4.13. The van der Waals surface area contributed by atoms with Gasteiger partial charge in [0.1, 0.15) is 0 Å². The predicted molar refractivity (Wildman–Crippen MR) is 93.5 cm³/mol. The topological polar surface area (TPSA) is 17.3 Å². The van der Waals surface area contributed by atoms with E-state index in [-0.39, 0.29) is 0 Å². The first-order valence-electron chi connectivity index (χ1n) is 7.23. The third-order valence-corrected chi connectivity index (χ3v) is 4.82. The second-order valence-electron chi connectivity index (χ2n) is 5.41. The molecule has 0 aliphatic rings. The van der Waals surface area contributed by atoms with Crippen LogP contribution in [-0.2, 0) is 0 Å². The third kappa shape index (κ3) is 1.57. The number of nitrogens with zero attached hydrogens (tertiary/aromatic N) is 2. The lowest BCUT2D eigenvalue weighted by Gasteiger charge is -2.07. The van der Waals surface area contributed by atoms with Crippen molar-refractivity contribution in [1.82, 2.24) is 9.61 Å². The first kappa shape index (κ1) is 12.0. The van der Waals surface area contributed by atoms with E-state index in [4.69, 9.17) is 5.10 Å². The van der Waals surface area contributed by atoms with Crippen LogP contribution in [0.15, 0.2) is 71.4 Å². The molecule has 0 fully saturated rings. The number of hydrogen-bond acceptors (Lipinski definition) is 2. The standard InChI is InChI=1S/C19H12N2S/c1-2-6-15-13(5-1)11-18(14-9-10-22-12-14)21-19(15)16-7-3-4-8-17(16)20-21/h1-12H. The van der Waals surface area contributed by atoms with Crippen molar-refractivity contribution in [2.45, 2.75) is 0 Å². The van der Waals surface area contributed by atoms with Gasteiger partial charge in [-0.15, -0.1) is 0 Å².